The summed E-state index contributed by atoms with van der Waals surface area (Å²) in [6, 6.07) is 4.19. The Labute approximate surface area is 319 Å². The first-order valence-corrected chi connectivity index (χ1v) is 18.5. The second-order valence-corrected chi connectivity index (χ2v) is 15.4. The fourth-order valence-electron chi connectivity index (χ4n) is 8.49. The van der Waals surface area contributed by atoms with E-state index in [1.807, 2.05) is 6.08 Å². The zero-order valence-corrected chi connectivity index (χ0v) is 33.2. The van der Waals surface area contributed by atoms with Crippen LogP contribution in [-0.2, 0) is 36.1 Å². The van der Waals surface area contributed by atoms with Crippen LogP contribution in [0.4, 0.5) is 0 Å². The van der Waals surface area contributed by atoms with Crippen LogP contribution in [0.25, 0.3) is 11.0 Å². The molecule has 0 amide bonds. The van der Waals surface area contributed by atoms with Crippen LogP contribution in [0.3, 0.4) is 0 Å². The van der Waals surface area contributed by atoms with E-state index in [1.165, 1.54) is 35.3 Å². The van der Waals surface area contributed by atoms with Crippen molar-refractivity contribution >= 4 is 54.5 Å². The number of aryl methyl sites for hydroxylation is 2. The second-order valence-electron chi connectivity index (χ2n) is 13.8. The lowest BCUT2D eigenvalue weighted by Gasteiger charge is -2.53. The molecule has 0 spiro atoms. The van der Waals surface area contributed by atoms with Gasteiger partial charge in [0.2, 0.25) is 0 Å². The molecule has 1 fully saturated rings. The highest BCUT2D eigenvalue weighted by Gasteiger charge is 2.61. The highest BCUT2D eigenvalue weighted by atomic mass is 79.9. The van der Waals surface area contributed by atoms with Crippen LogP contribution < -0.4 is 31.1 Å². The lowest BCUT2D eigenvalue weighted by atomic mass is 9.50. The van der Waals surface area contributed by atoms with Gasteiger partial charge < -0.3 is 23.9 Å². The van der Waals surface area contributed by atoms with Crippen molar-refractivity contribution in [2.75, 3.05) is 21.3 Å². The molecule has 0 saturated heterocycles. The Morgan fingerprint density at radius 3 is 2.25 bits per heavy atom. The Kier molecular flexibility index (Phi) is 8.99. The largest absolute Gasteiger partial charge is 0.503 e. The number of hydrogen-bond acceptors (Lipinski definition) is 10. The van der Waals surface area contributed by atoms with Gasteiger partial charge in [-0.05, 0) is 80.5 Å². The molecule has 1 N–H and O–H groups in total. The molecule has 1 aliphatic heterocycles. The van der Waals surface area contributed by atoms with E-state index in [-0.39, 0.29) is 60.2 Å². The lowest BCUT2D eigenvalue weighted by Crippen LogP contribution is -2.55. The molecule has 14 nitrogen and oxygen atoms in total. The second kappa shape index (κ2) is 13.0. The van der Waals surface area contributed by atoms with Crippen molar-refractivity contribution in [2.45, 2.75) is 58.7 Å². The maximum absolute atomic E-state index is 14.4. The summed E-state index contributed by atoms with van der Waals surface area (Å²) in [6.07, 6.45) is 1.93. The first-order chi connectivity index (χ1) is 25.1. The number of carbonyl (C=O) groups is 2. The topological polar surface area (TPSA) is 166 Å². The number of fused-ring (bicyclic) bond motifs is 5. The third-order valence-electron chi connectivity index (χ3n) is 11.4. The predicted molar refractivity (Wildman–Crippen MR) is 201 cm³/mol. The third-order valence-corrected chi connectivity index (χ3v) is 13.6. The maximum Gasteiger partial charge on any atom is 0.347 e. The van der Waals surface area contributed by atoms with Crippen molar-refractivity contribution in [1.82, 2.24) is 23.5 Å². The molecule has 2 aliphatic carbocycles. The number of halogens is 2. The highest BCUT2D eigenvalue weighted by Crippen LogP contribution is 2.62. The lowest BCUT2D eigenvalue weighted by molar-refractivity contribution is -0.140. The molecule has 4 aromatic rings. The quantitative estimate of drug-likeness (QED) is 0.265. The van der Waals surface area contributed by atoms with Gasteiger partial charge in [0.05, 0.1) is 54.8 Å². The summed E-state index contributed by atoms with van der Waals surface area (Å²) in [5.41, 5.74) is 0.298. The number of methoxy groups -OCH3 is 3. The number of nitrogens with zero attached hydrogens (tertiary/aromatic N) is 5. The highest BCUT2D eigenvalue weighted by molar-refractivity contribution is 9.13. The van der Waals surface area contributed by atoms with Crippen LogP contribution in [0, 0.1) is 11.3 Å². The summed E-state index contributed by atoms with van der Waals surface area (Å²) in [7, 11) is 6.01. The first kappa shape index (κ1) is 36.6. The number of benzene rings is 2. The van der Waals surface area contributed by atoms with Gasteiger partial charge >= 0.3 is 11.4 Å². The van der Waals surface area contributed by atoms with Gasteiger partial charge in [-0.15, -0.1) is 0 Å². The number of hydrogen-bond donors (Lipinski definition) is 1. The Hall–Kier alpha value is -4.70. The number of rotatable bonds is 7. The summed E-state index contributed by atoms with van der Waals surface area (Å²) < 4.78 is 22.3. The van der Waals surface area contributed by atoms with E-state index < -0.39 is 34.7 Å². The summed E-state index contributed by atoms with van der Waals surface area (Å²) in [5.74, 6) is -1.11. The van der Waals surface area contributed by atoms with Crippen molar-refractivity contribution in [3.05, 3.63) is 92.5 Å². The van der Waals surface area contributed by atoms with E-state index in [2.05, 4.69) is 36.8 Å². The van der Waals surface area contributed by atoms with Crippen molar-refractivity contribution < 1.29 is 28.9 Å². The minimum atomic E-state index is -1.27. The molecular formula is C37H37Br2N5O9. The van der Waals surface area contributed by atoms with Gasteiger partial charge in [-0.25, -0.2) is 28.5 Å². The third kappa shape index (κ3) is 5.15. The minimum absolute atomic E-state index is 0.0189. The van der Waals surface area contributed by atoms with E-state index in [9.17, 15) is 29.1 Å². The molecule has 0 bridgehead atoms. The summed E-state index contributed by atoms with van der Waals surface area (Å²) in [5, 5.41) is 10.8. The monoisotopic (exact) mass is 853 g/mol. The molecule has 0 unspecified atom stereocenters. The van der Waals surface area contributed by atoms with Crippen molar-refractivity contribution in [3.63, 3.8) is 0 Å². The number of aromatic nitrogens is 5. The maximum atomic E-state index is 14.4. The fourth-order valence-corrected chi connectivity index (χ4v) is 9.45. The van der Waals surface area contributed by atoms with Gasteiger partial charge in [0, 0.05) is 48.5 Å². The van der Waals surface area contributed by atoms with E-state index in [4.69, 9.17) is 14.2 Å². The first-order valence-electron chi connectivity index (χ1n) is 16.9. The number of ether oxygens (including phenoxy) is 3. The number of allylic oxidation sites excluding steroid dienone is 4. The van der Waals surface area contributed by atoms with Crippen LogP contribution >= 0.6 is 31.9 Å². The number of phenolic OH excluding ortho intramolecular Hbond substituents is 1. The Morgan fingerprint density at radius 1 is 0.925 bits per heavy atom. The van der Waals surface area contributed by atoms with Crippen LogP contribution in [0.1, 0.15) is 50.4 Å². The van der Waals surface area contributed by atoms with Crippen molar-refractivity contribution in [2.24, 2.45) is 18.4 Å². The van der Waals surface area contributed by atoms with Crippen molar-refractivity contribution in [3.8, 4) is 23.0 Å². The number of carbonyl (C=O) groups excluding carboxylic acids is 2. The molecule has 16 heteroatoms. The molecule has 0 radical (unpaired) electrons. The summed E-state index contributed by atoms with van der Waals surface area (Å²) >= 11 is 7.07. The number of phenols is 1. The van der Waals surface area contributed by atoms with Gasteiger partial charge in [-0.2, -0.15) is 0 Å². The molecule has 2 aromatic carbocycles. The molecule has 1 saturated carbocycles. The van der Waals surface area contributed by atoms with Gasteiger partial charge in [0.25, 0.3) is 5.56 Å². The molecule has 3 heterocycles. The van der Waals surface area contributed by atoms with E-state index >= 15 is 0 Å². The summed E-state index contributed by atoms with van der Waals surface area (Å²) in [6.45, 7) is 4.97. The summed E-state index contributed by atoms with van der Waals surface area (Å²) in [4.78, 5) is 74.8. The smallest absolute Gasteiger partial charge is 0.347 e. The van der Waals surface area contributed by atoms with Gasteiger partial charge in [0.15, 0.2) is 34.6 Å². The Bertz CT molecular complexity index is 2540. The normalized spacial score (nSPS) is 22.4. The van der Waals surface area contributed by atoms with E-state index in [0.29, 0.717) is 53.8 Å². The SMILES string of the molecule is COc1cc2nc(CCn3c(=O)n4n(c3=O)[C@@H]3C[C@H]5C(=O)C(C)=C(C)C(=O)[C@@]5(C)[C@@H](c5cc(OC)c(O)c(Br)c5Br)C3=CC4)c(=O)n(C)c2cc1OC. The van der Waals surface area contributed by atoms with Crippen LogP contribution in [0.2, 0.25) is 0 Å². The average Bonchev–Trinajstić information content (AvgIpc) is 3.40. The Morgan fingerprint density at radius 2 is 1.58 bits per heavy atom. The number of aromatic hydroxyl groups is 1. The zero-order valence-electron chi connectivity index (χ0n) is 30.1. The standard InChI is InChI=1S/C37H37Br2N5O9/c1-16-17(2)33(47)37(3)20(31(16)45)13-23-18(28(37)19-12-27(53-7)32(46)30(39)29(19)38)8-11-43-35(49)42(36(50)44(23)43)10-9-21-34(48)41(4)24-15-26(52-6)25(51-5)14-22(24)40-21/h8,12,14-15,20,23,28,46H,9-11,13H2,1-7H3/t20-,23+,28+,37+/m0/s1. The minimum Gasteiger partial charge on any atom is -0.503 e. The Balaban J connectivity index is 1.34. The fraction of sp³-hybridized carbons (Fsp3) is 0.405. The van der Waals surface area contributed by atoms with Gasteiger partial charge in [-0.1, -0.05) is 13.0 Å². The van der Waals surface area contributed by atoms with E-state index in [0.717, 1.165) is 4.57 Å². The van der Waals surface area contributed by atoms with Crippen LogP contribution in [0.15, 0.2) is 64.3 Å². The van der Waals surface area contributed by atoms with Gasteiger partial charge in [-0.3, -0.25) is 14.4 Å². The number of ketones is 2. The zero-order chi connectivity index (χ0) is 38.4. The predicted octanol–water partition coefficient (Wildman–Crippen LogP) is 4.34. The molecule has 53 heavy (non-hydrogen) atoms. The van der Waals surface area contributed by atoms with Crippen LogP contribution in [-0.4, -0.2) is 61.5 Å². The molecular weight excluding hydrogens is 818 g/mol. The molecule has 278 valence electrons. The molecule has 7 rings (SSSR count). The van der Waals surface area contributed by atoms with Crippen molar-refractivity contribution in [1.29, 1.82) is 0 Å². The van der Waals surface area contributed by atoms with Crippen LogP contribution in [0.5, 0.6) is 23.0 Å². The molecule has 2 aromatic heterocycles. The molecule has 3 aliphatic rings. The average molecular weight is 856 g/mol. The number of Topliss-reactive ketones (excluding diaryl/α,β-unsaturated/α-hetero) is 2. The van der Waals surface area contributed by atoms with E-state index in [1.54, 1.807) is 46.0 Å². The van der Waals surface area contributed by atoms with Gasteiger partial charge in [0.1, 0.15) is 5.69 Å². The molecule has 4 atom stereocenters.